The van der Waals surface area contributed by atoms with E-state index < -0.39 is 5.91 Å². The Labute approximate surface area is 148 Å². The van der Waals surface area contributed by atoms with Crippen LogP contribution in [0.4, 0.5) is 5.69 Å². The molecule has 126 valence electrons. The Morgan fingerprint density at radius 2 is 2.08 bits per heavy atom. The van der Waals surface area contributed by atoms with Crippen LogP contribution in [0.1, 0.15) is 42.5 Å². The third-order valence-corrected chi connectivity index (χ3v) is 7.33. The van der Waals surface area contributed by atoms with E-state index in [0.29, 0.717) is 27.8 Å². The molecule has 4 bridgehead atoms. The number of aromatic nitrogens is 2. The van der Waals surface area contributed by atoms with Crippen molar-refractivity contribution in [3.63, 3.8) is 0 Å². The molecule has 0 aliphatic heterocycles. The number of aromatic amines is 1. The number of halogens is 1. The molecule has 24 heavy (non-hydrogen) atoms. The molecule has 5 nitrogen and oxygen atoms in total. The van der Waals surface area contributed by atoms with E-state index in [2.05, 4.69) is 31.2 Å². The number of hydrogen-bond acceptors (Lipinski definition) is 3. The second kappa shape index (κ2) is 4.97. The SMILES string of the molecule is NC(=O)c1cnc2[nH]ccc2c1NC1[C@@H]2CC3C[C@H]1CC(Br)(C3)C2. The highest BCUT2D eigenvalue weighted by Gasteiger charge is 2.54. The van der Waals surface area contributed by atoms with Gasteiger partial charge in [0.15, 0.2) is 0 Å². The van der Waals surface area contributed by atoms with Crippen molar-refractivity contribution in [3.05, 3.63) is 24.0 Å². The van der Waals surface area contributed by atoms with Crippen LogP contribution >= 0.6 is 15.9 Å². The first kappa shape index (κ1) is 14.8. The highest BCUT2D eigenvalue weighted by atomic mass is 79.9. The Hall–Kier alpha value is -1.56. The highest BCUT2D eigenvalue weighted by molar-refractivity contribution is 9.10. The Balaban J connectivity index is 1.54. The fraction of sp³-hybridized carbons (Fsp3) is 0.556. The first-order valence-electron chi connectivity index (χ1n) is 8.74. The largest absolute Gasteiger partial charge is 0.380 e. The normalized spacial score (nSPS) is 37.0. The Morgan fingerprint density at radius 3 is 2.75 bits per heavy atom. The van der Waals surface area contributed by atoms with Crippen LogP contribution in [0.5, 0.6) is 0 Å². The van der Waals surface area contributed by atoms with E-state index in [4.69, 9.17) is 5.73 Å². The zero-order valence-electron chi connectivity index (χ0n) is 13.4. The minimum absolute atomic E-state index is 0.357. The van der Waals surface area contributed by atoms with E-state index in [1.54, 1.807) is 6.20 Å². The number of H-pyrrole nitrogens is 1. The number of primary amides is 1. The number of rotatable bonds is 3. The maximum atomic E-state index is 11.9. The Kier molecular flexibility index (Phi) is 3.06. The van der Waals surface area contributed by atoms with E-state index in [1.165, 1.54) is 32.1 Å². The van der Waals surface area contributed by atoms with E-state index in [9.17, 15) is 4.79 Å². The van der Waals surface area contributed by atoms with Crippen molar-refractivity contribution in [2.24, 2.45) is 23.5 Å². The number of carbonyl (C=O) groups excluding carboxylic acids is 1. The molecule has 4 aliphatic rings. The molecule has 4 N–H and O–H groups in total. The van der Waals surface area contributed by atoms with Crippen LogP contribution in [0.3, 0.4) is 0 Å². The van der Waals surface area contributed by atoms with Crippen molar-refractivity contribution in [1.29, 1.82) is 0 Å². The minimum Gasteiger partial charge on any atom is -0.380 e. The van der Waals surface area contributed by atoms with Crippen molar-refractivity contribution >= 4 is 38.6 Å². The van der Waals surface area contributed by atoms with Gasteiger partial charge in [-0.2, -0.15) is 0 Å². The second-order valence-electron chi connectivity index (χ2n) is 7.94. The maximum absolute atomic E-state index is 11.9. The summed E-state index contributed by atoms with van der Waals surface area (Å²) in [6.45, 7) is 0. The van der Waals surface area contributed by atoms with Crippen molar-refractivity contribution in [2.75, 3.05) is 5.32 Å². The van der Waals surface area contributed by atoms with Crippen LogP contribution < -0.4 is 11.1 Å². The van der Waals surface area contributed by atoms with Crippen molar-refractivity contribution < 1.29 is 4.79 Å². The molecule has 3 unspecified atom stereocenters. The summed E-state index contributed by atoms with van der Waals surface area (Å²) in [5.74, 6) is 1.77. The van der Waals surface area contributed by atoms with Gasteiger partial charge in [0, 0.05) is 28.1 Å². The molecule has 2 aromatic heterocycles. The lowest BCUT2D eigenvalue weighted by molar-refractivity contribution is 0.0281. The summed E-state index contributed by atoms with van der Waals surface area (Å²) in [5, 5.41) is 4.69. The molecule has 2 aromatic rings. The molecule has 4 aliphatic carbocycles. The van der Waals surface area contributed by atoms with Crippen molar-refractivity contribution in [1.82, 2.24) is 9.97 Å². The van der Waals surface area contributed by atoms with Gasteiger partial charge < -0.3 is 16.0 Å². The second-order valence-corrected chi connectivity index (χ2v) is 9.62. The van der Waals surface area contributed by atoms with Gasteiger partial charge in [0.1, 0.15) is 5.65 Å². The zero-order chi connectivity index (χ0) is 16.5. The quantitative estimate of drug-likeness (QED) is 0.704. The predicted molar refractivity (Wildman–Crippen MR) is 97.2 cm³/mol. The number of nitrogens with one attached hydrogen (secondary N) is 2. The maximum Gasteiger partial charge on any atom is 0.252 e. The standard InChI is InChI=1S/C18H21BrN4O/c19-18-5-9-3-10(6-18)14(11(4-9)7-18)23-15-12-1-2-21-17(12)22-8-13(15)16(20)24/h1-2,8-11,14H,3-7H2,(H2,20,24)(H2,21,22,23)/t9?,10-,11+,14?,18?. The van der Waals surface area contributed by atoms with Crippen LogP contribution in [0.25, 0.3) is 11.0 Å². The lowest BCUT2D eigenvalue weighted by atomic mass is 9.54. The predicted octanol–water partition coefficient (Wildman–Crippen LogP) is 3.42. The van der Waals surface area contributed by atoms with Crippen LogP contribution in [0, 0.1) is 17.8 Å². The van der Waals surface area contributed by atoms with Gasteiger partial charge >= 0.3 is 0 Å². The van der Waals surface area contributed by atoms with Gasteiger partial charge in [-0.3, -0.25) is 4.79 Å². The molecule has 0 spiro atoms. The topological polar surface area (TPSA) is 83.8 Å². The fourth-order valence-electron chi connectivity index (χ4n) is 5.68. The van der Waals surface area contributed by atoms with Gasteiger partial charge in [0.2, 0.25) is 0 Å². The fourth-order valence-corrected chi connectivity index (χ4v) is 6.97. The van der Waals surface area contributed by atoms with E-state index in [-0.39, 0.29) is 0 Å². The van der Waals surface area contributed by atoms with E-state index in [0.717, 1.165) is 22.6 Å². The van der Waals surface area contributed by atoms with Gasteiger partial charge in [0.25, 0.3) is 5.91 Å². The first-order valence-corrected chi connectivity index (χ1v) is 9.53. The summed E-state index contributed by atoms with van der Waals surface area (Å²) >= 11 is 4.02. The lowest BCUT2D eigenvalue weighted by Gasteiger charge is -2.58. The molecule has 0 aromatic carbocycles. The summed E-state index contributed by atoms with van der Waals surface area (Å²) in [5.41, 5.74) is 7.75. The third-order valence-electron chi connectivity index (χ3n) is 6.36. The molecule has 5 atom stereocenters. The molecule has 1 amide bonds. The number of fused-ring (bicyclic) bond motifs is 1. The molecule has 4 saturated carbocycles. The number of nitrogens with two attached hydrogens (primary N) is 1. The number of nitrogens with zero attached hydrogens (tertiary/aromatic N) is 1. The van der Waals surface area contributed by atoms with Gasteiger partial charge in [-0.15, -0.1) is 0 Å². The zero-order valence-corrected chi connectivity index (χ0v) is 15.0. The van der Waals surface area contributed by atoms with Gasteiger partial charge in [-0.05, 0) is 55.9 Å². The highest BCUT2D eigenvalue weighted by Crippen LogP contribution is 2.59. The molecular formula is C18H21BrN4O. The first-order chi connectivity index (χ1) is 11.5. The minimum atomic E-state index is -0.422. The molecular weight excluding hydrogens is 368 g/mol. The lowest BCUT2D eigenvalue weighted by Crippen LogP contribution is -2.56. The van der Waals surface area contributed by atoms with Crippen LogP contribution in [0.2, 0.25) is 0 Å². The molecule has 4 fully saturated rings. The summed E-state index contributed by atoms with van der Waals surface area (Å²) in [6.07, 6.45) is 9.83. The number of amides is 1. The van der Waals surface area contributed by atoms with E-state index >= 15 is 0 Å². The number of pyridine rings is 1. The monoisotopic (exact) mass is 388 g/mol. The van der Waals surface area contributed by atoms with Crippen LogP contribution in [0.15, 0.2) is 18.5 Å². The molecule has 0 saturated heterocycles. The average molecular weight is 389 g/mol. The number of hydrogen-bond donors (Lipinski definition) is 3. The van der Waals surface area contributed by atoms with Gasteiger partial charge in [-0.25, -0.2) is 4.98 Å². The Morgan fingerprint density at radius 1 is 1.33 bits per heavy atom. The molecule has 0 radical (unpaired) electrons. The molecule has 6 rings (SSSR count). The van der Waals surface area contributed by atoms with Crippen molar-refractivity contribution in [3.8, 4) is 0 Å². The van der Waals surface area contributed by atoms with Crippen molar-refractivity contribution in [2.45, 2.75) is 42.5 Å². The smallest absolute Gasteiger partial charge is 0.252 e. The summed E-state index contributed by atoms with van der Waals surface area (Å²) < 4.78 is 0.357. The number of alkyl halides is 1. The molecule has 6 heteroatoms. The number of carbonyl (C=O) groups is 1. The summed E-state index contributed by atoms with van der Waals surface area (Å²) in [6, 6.07) is 2.39. The Bertz CT molecular complexity index is 816. The van der Waals surface area contributed by atoms with E-state index in [1.807, 2.05) is 12.3 Å². The average Bonchev–Trinajstić information content (AvgIpc) is 2.97. The number of anilines is 1. The van der Waals surface area contributed by atoms with Crippen LogP contribution in [-0.4, -0.2) is 26.2 Å². The third kappa shape index (κ3) is 2.11. The summed E-state index contributed by atoms with van der Waals surface area (Å²) in [7, 11) is 0. The summed E-state index contributed by atoms with van der Waals surface area (Å²) in [4.78, 5) is 19.3. The van der Waals surface area contributed by atoms with Gasteiger partial charge in [-0.1, -0.05) is 15.9 Å². The van der Waals surface area contributed by atoms with Crippen LogP contribution in [-0.2, 0) is 0 Å². The van der Waals surface area contributed by atoms with Gasteiger partial charge in [0.05, 0.1) is 11.3 Å². The molecule has 2 heterocycles.